The van der Waals surface area contributed by atoms with E-state index in [-0.39, 0.29) is 0 Å². The Morgan fingerprint density at radius 2 is 1.78 bits per heavy atom. The van der Waals surface area contributed by atoms with Gasteiger partial charge in [0.2, 0.25) is 0 Å². The van der Waals surface area contributed by atoms with E-state index in [1.165, 1.54) is 22.3 Å². The van der Waals surface area contributed by atoms with E-state index in [0.717, 1.165) is 11.4 Å². The summed E-state index contributed by atoms with van der Waals surface area (Å²) in [5.74, 6) is 0. The minimum atomic E-state index is 0.303. The predicted octanol–water partition coefficient (Wildman–Crippen LogP) is 5.64. The standard InChI is InChI=1S/C16H16BrCl/c1-11-6-5-8-14(12(11)2)15(17)10-13-7-3-4-9-16(13)18/h3-9,15H,10H2,1-2H3. The van der Waals surface area contributed by atoms with Crippen molar-refractivity contribution < 1.29 is 0 Å². The van der Waals surface area contributed by atoms with Crippen LogP contribution in [0.2, 0.25) is 5.02 Å². The largest absolute Gasteiger partial charge is 0.0840 e. The van der Waals surface area contributed by atoms with E-state index in [1.807, 2.05) is 18.2 Å². The van der Waals surface area contributed by atoms with Gasteiger partial charge in [-0.25, -0.2) is 0 Å². The molecule has 0 aromatic heterocycles. The molecular weight excluding hydrogens is 308 g/mol. The Morgan fingerprint density at radius 3 is 2.50 bits per heavy atom. The number of benzene rings is 2. The van der Waals surface area contributed by atoms with Gasteiger partial charge in [-0.3, -0.25) is 0 Å². The van der Waals surface area contributed by atoms with Crippen molar-refractivity contribution in [3.05, 3.63) is 69.7 Å². The van der Waals surface area contributed by atoms with Crippen molar-refractivity contribution >= 4 is 27.5 Å². The number of aryl methyl sites for hydroxylation is 1. The van der Waals surface area contributed by atoms with Gasteiger partial charge in [0.25, 0.3) is 0 Å². The van der Waals surface area contributed by atoms with Crippen LogP contribution >= 0.6 is 27.5 Å². The Morgan fingerprint density at radius 1 is 1.06 bits per heavy atom. The van der Waals surface area contributed by atoms with Crippen molar-refractivity contribution in [2.75, 3.05) is 0 Å². The Hall–Kier alpha value is -0.790. The van der Waals surface area contributed by atoms with Crippen molar-refractivity contribution in [2.24, 2.45) is 0 Å². The van der Waals surface area contributed by atoms with Gasteiger partial charge in [-0.05, 0) is 48.6 Å². The summed E-state index contributed by atoms with van der Waals surface area (Å²) in [6.07, 6.45) is 0.907. The van der Waals surface area contributed by atoms with Crippen molar-refractivity contribution in [3.8, 4) is 0 Å². The molecule has 1 atom stereocenters. The first kappa shape index (κ1) is 13.6. The summed E-state index contributed by atoms with van der Waals surface area (Å²) in [6, 6.07) is 14.5. The molecule has 2 heteroatoms. The number of alkyl halides is 1. The van der Waals surface area contributed by atoms with Gasteiger partial charge < -0.3 is 0 Å². The van der Waals surface area contributed by atoms with Crippen LogP contribution in [0.1, 0.15) is 27.1 Å². The van der Waals surface area contributed by atoms with Gasteiger partial charge in [0.15, 0.2) is 0 Å². The average Bonchev–Trinajstić information content (AvgIpc) is 2.35. The maximum Gasteiger partial charge on any atom is 0.0438 e. The molecule has 0 heterocycles. The van der Waals surface area contributed by atoms with Crippen molar-refractivity contribution in [1.82, 2.24) is 0 Å². The molecule has 0 saturated heterocycles. The van der Waals surface area contributed by atoms with Crippen LogP contribution < -0.4 is 0 Å². The Balaban J connectivity index is 2.25. The van der Waals surface area contributed by atoms with Crippen LogP contribution in [0.4, 0.5) is 0 Å². The van der Waals surface area contributed by atoms with Crippen molar-refractivity contribution in [1.29, 1.82) is 0 Å². The van der Waals surface area contributed by atoms with E-state index in [4.69, 9.17) is 11.6 Å². The van der Waals surface area contributed by atoms with Gasteiger partial charge in [-0.1, -0.05) is 63.9 Å². The fraction of sp³-hybridized carbons (Fsp3) is 0.250. The molecule has 2 aromatic rings. The van der Waals surface area contributed by atoms with Crippen LogP contribution in [0, 0.1) is 13.8 Å². The lowest BCUT2D eigenvalue weighted by Gasteiger charge is -2.15. The molecule has 0 N–H and O–H groups in total. The third kappa shape index (κ3) is 2.96. The lowest BCUT2D eigenvalue weighted by atomic mass is 9.97. The van der Waals surface area contributed by atoms with Gasteiger partial charge >= 0.3 is 0 Å². The molecule has 0 fully saturated rings. The first-order valence-electron chi connectivity index (χ1n) is 6.03. The maximum absolute atomic E-state index is 6.21. The zero-order valence-electron chi connectivity index (χ0n) is 10.6. The molecular formula is C16H16BrCl. The molecule has 0 aliphatic rings. The second-order valence-corrected chi connectivity index (χ2v) is 6.06. The molecule has 0 aliphatic heterocycles. The van der Waals surface area contributed by atoms with Crippen LogP contribution in [0.3, 0.4) is 0 Å². The van der Waals surface area contributed by atoms with E-state index >= 15 is 0 Å². The SMILES string of the molecule is Cc1cccc(C(Br)Cc2ccccc2Cl)c1C. The van der Waals surface area contributed by atoms with Crippen LogP contribution in [0.5, 0.6) is 0 Å². The summed E-state index contributed by atoms with van der Waals surface area (Å²) >= 11 is 9.99. The third-order valence-corrected chi connectivity index (χ3v) is 4.53. The summed E-state index contributed by atoms with van der Waals surface area (Å²) in [5, 5.41) is 0.840. The van der Waals surface area contributed by atoms with Crippen molar-refractivity contribution in [2.45, 2.75) is 25.1 Å². The van der Waals surface area contributed by atoms with Gasteiger partial charge in [0.1, 0.15) is 0 Å². The molecule has 0 aliphatic carbocycles. The minimum Gasteiger partial charge on any atom is -0.0840 e. The van der Waals surface area contributed by atoms with E-state index in [1.54, 1.807) is 0 Å². The first-order chi connectivity index (χ1) is 8.59. The first-order valence-corrected chi connectivity index (χ1v) is 7.32. The molecule has 2 aromatic carbocycles. The van der Waals surface area contributed by atoms with Crippen LogP contribution in [-0.4, -0.2) is 0 Å². The fourth-order valence-electron chi connectivity index (χ4n) is 2.08. The second kappa shape index (κ2) is 5.90. The van der Waals surface area contributed by atoms with Crippen LogP contribution in [-0.2, 0) is 6.42 Å². The lowest BCUT2D eigenvalue weighted by Crippen LogP contribution is -1.99. The lowest BCUT2D eigenvalue weighted by molar-refractivity contribution is 0.935. The summed E-state index contributed by atoms with van der Waals surface area (Å²) in [5.41, 5.74) is 5.21. The third-order valence-electron chi connectivity index (χ3n) is 3.34. The molecule has 94 valence electrons. The average molecular weight is 324 g/mol. The maximum atomic E-state index is 6.21. The Kier molecular flexibility index (Phi) is 4.47. The minimum absolute atomic E-state index is 0.303. The van der Waals surface area contributed by atoms with Crippen LogP contribution in [0.15, 0.2) is 42.5 Å². The molecule has 1 unspecified atom stereocenters. The molecule has 0 amide bonds. The van der Waals surface area contributed by atoms with Gasteiger partial charge in [-0.15, -0.1) is 0 Å². The molecule has 0 saturated carbocycles. The van der Waals surface area contributed by atoms with E-state index in [2.05, 4.69) is 54.0 Å². The molecule has 0 bridgehead atoms. The number of hydrogen-bond donors (Lipinski definition) is 0. The summed E-state index contributed by atoms with van der Waals surface area (Å²) in [4.78, 5) is 0.303. The highest BCUT2D eigenvalue weighted by molar-refractivity contribution is 9.09. The summed E-state index contributed by atoms with van der Waals surface area (Å²) in [7, 11) is 0. The molecule has 0 spiro atoms. The summed E-state index contributed by atoms with van der Waals surface area (Å²) < 4.78 is 0. The molecule has 0 nitrogen and oxygen atoms in total. The highest BCUT2D eigenvalue weighted by atomic mass is 79.9. The topological polar surface area (TPSA) is 0 Å². The van der Waals surface area contributed by atoms with Gasteiger partial charge in [-0.2, -0.15) is 0 Å². The monoisotopic (exact) mass is 322 g/mol. The number of hydrogen-bond acceptors (Lipinski definition) is 0. The quantitative estimate of drug-likeness (QED) is 0.642. The van der Waals surface area contributed by atoms with E-state index in [0.29, 0.717) is 4.83 Å². The van der Waals surface area contributed by atoms with Crippen molar-refractivity contribution in [3.63, 3.8) is 0 Å². The molecule has 18 heavy (non-hydrogen) atoms. The number of rotatable bonds is 3. The highest BCUT2D eigenvalue weighted by Gasteiger charge is 2.13. The molecule has 2 rings (SSSR count). The smallest absolute Gasteiger partial charge is 0.0438 e. The summed E-state index contributed by atoms with van der Waals surface area (Å²) in [6.45, 7) is 4.32. The second-order valence-electron chi connectivity index (χ2n) is 4.55. The zero-order chi connectivity index (χ0) is 13.1. The fourth-order valence-corrected chi connectivity index (χ4v) is 3.14. The molecule has 0 radical (unpaired) electrons. The van der Waals surface area contributed by atoms with Gasteiger partial charge in [0, 0.05) is 9.85 Å². The highest BCUT2D eigenvalue weighted by Crippen LogP contribution is 2.32. The van der Waals surface area contributed by atoms with Gasteiger partial charge in [0.05, 0.1) is 0 Å². The zero-order valence-corrected chi connectivity index (χ0v) is 12.9. The number of halogens is 2. The van der Waals surface area contributed by atoms with E-state index in [9.17, 15) is 0 Å². The van der Waals surface area contributed by atoms with Crippen LogP contribution in [0.25, 0.3) is 0 Å². The normalized spacial score (nSPS) is 12.4. The van der Waals surface area contributed by atoms with E-state index < -0.39 is 0 Å². The Bertz CT molecular complexity index is 549. The Labute approximate surface area is 122 Å². The predicted molar refractivity (Wildman–Crippen MR) is 82.7 cm³/mol.